The molecule has 0 bridgehead atoms. The highest BCUT2D eigenvalue weighted by atomic mass is 19.1. The number of nitrogens with one attached hydrogen (secondary N) is 1. The van der Waals surface area contributed by atoms with Crippen LogP contribution in [-0.2, 0) is 0 Å². The van der Waals surface area contributed by atoms with Gasteiger partial charge in [0.15, 0.2) is 0 Å². The van der Waals surface area contributed by atoms with Crippen molar-refractivity contribution in [3.8, 4) is 0 Å². The zero-order chi connectivity index (χ0) is 7.90. The SMILES string of the molecule is CC1CCC1NCC1(F)CC1. The van der Waals surface area contributed by atoms with E-state index < -0.39 is 5.67 Å². The Bertz CT molecular complexity index is 154. The topological polar surface area (TPSA) is 12.0 Å². The summed E-state index contributed by atoms with van der Waals surface area (Å²) in [5.41, 5.74) is -0.810. The predicted octanol–water partition coefficient (Wildman–Crippen LogP) is 1.88. The van der Waals surface area contributed by atoms with Crippen molar-refractivity contribution < 1.29 is 4.39 Å². The van der Waals surface area contributed by atoms with Gasteiger partial charge in [-0.1, -0.05) is 6.92 Å². The van der Waals surface area contributed by atoms with E-state index in [9.17, 15) is 4.39 Å². The Hall–Kier alpha value is -0.110. The Labute approximate surface area is 67.4 Å². The minimum Gasteiger partial charge on any atom is -0.311 e. The van der Waals surface area contributed by atoms with Crippen molar-refractivity contribution in [2.45, 2.75) is 44.3 Å². The van der Waals surface area contributed by atoms with Crippen LogP contribution in [0.25, 0.3) is 0 Å². The van der Waals surface area contributed by atoms with Crippen molar-refractivity contribution >= 4 is 0 Å². The molecule has 0 aromatic rings. The molecule has 2 saturated carbocycles. The van der Waals surface area contributed by atoms with Crippen molar-refractivity contribution in [2.24, 2.45) is 5.92 Å². The lowest BCUT2D eigenvalue weighted by molar-refractivity contribution is 0.197. The fraction of sp³-hybridized carbons (Fsp3) is 1.00. The maximum Gasteiger partial charge on any atom is 0.123 e. The summed E-state index contributed by atoms with van der Waals surface area (Å²) in [4.78, 5) is 0. The number of hydrogen-bond acceptors (Lipinski definition) is 1. The van der Waals surface area contributed by atoms with Crippen LogP contribution in [0.5, 0.6) is 0 Å². The molecule has 64 valence electrons. The molecule has 0 aliphatic heterocycles. The van der Waals surface area contributed by atoms with Crippen LogP contribution in [0.2, 0.25) is 0 Å². The molecule has 1 N–H and O–H groups in total. The van der Waals surface area contributed by atoms with Gasteiger partial charge in [0.25, 0.3) is 0 Å². The van der Waals surface area contributed by atoms with Gasteiger partial charge in [-0.3, -0.25) is 0 Å². The first kappa shape index (κ1) is 7.53. The van der Waals surface area contributed by atoms with Gasteiger partial charge in [0, 0.05) is 12.6 Å². The molecule has 0 saturated heterocycles. The molecule has 2 aliphatic carbocycles. The van der Waals surface area contributed by atoms with Crippen LogP contribution in [0, 0.1) is 5.92 Å². The van der Waals surface area contributed by atoms with Gasteiger partial charge in [0.05, 0.1) is 0 Å². The maximum absolute atomic E-state index is 13.1. The first-order valence-electron chi connectivity index (χ1n) is 4.62. The van der Waals surface area contributed by atoms with Gasteiger partial charge in [-0.15, -0.1) is 0 Å². The van der Waals surface area contributed by atoms with E-state index in [0.717, 1.165) is 18.8 Å². The Morgan fingerprint density at radius 1 is 1.45 bits per heavy atom. The average molecular weight is 157 g/mol. The van der Waals surface area contributed by atoms with Crippen molar-refractivity contribution in [3.05, 3.63) is 0 Å². The molecule has 0 aromatic heterocycles. The van der Waals surface area contributed by atoms with Crippen LogP contribution in [0.3, 0.4) is 0 Å². The Morgan fingerprint density at radius 2 is 2.18 bits per heavy atom. The molecular formula is C9H16FN. The lowest BCUT2D eigenvalue weighted by atomic mass is 9.81. The largest absolute Gasteiger partial charge is 0.311 e. The molecule has 0 radical (unpaired) electrons. The molecule has 2 rings (SSSR count). The lowest BCUT2D eigenvalue weighted by Crippen LogP contribution is -2.45. The second-order valence-corrected chi connectivity index (χ2v) is 4.19. The Morgan fingerprint density at radius 3 is 2.55 bits per heavy atom. The van der Waals surface area contributed by atoms with E-state index in [1.54, 1.807) is 0 Å². The average Bonchev–Trinajstić information content (AvgIpc) is 2.66. The molecular weight excluding hydrogens is 141 g/mol. The van der Waals surface area contributed by atoms with Gasteiger partial charge in [-0.2, -0.15) is 0 Å². The van der Waals surface area contributed by atoms with E-state index in [2.05, 4.69) is 12.2 Å². The fourth-order valence-corrected chi connectivity index (χ4v) is 1.60. The first-order chi connectivity index (χ1) is 5.20. The van der Waals surface area contributed by atoms with Crippen LogP contribution < -0.4 is 5.32 Å². The monoisotopic (exact) mass is 157 g/mol. The van der Waals surface area contributed by atoms with Crippen LogP contribution in [-0.4, -0.2) is 18.3 Å². The van der Waals surface area contributed by atoms with E-state index in [0.29, 0.717) is 12.6 Å². The number of halogens is 1. The van der Waals surface area contributed by atoms with Gasteiger partial charge >= 0.3 is 0 Å². The molecule has 2 aliphatic rings. The number of alkyl halides is 1. The Balaban J connectivity index is 1.66. The summed E-state index contributed by atoms with van der Waals surface area (Å²) in [6, 6.07) is 0.614. The molecule has 1 nitrogen and oxygen atoms in total. The second kappa shape index (κ2) is 2.44. The predicted molar refractivity (Wildman–Crippen MR) is 43.3 cm³/mol. The van der Waals surface area contributed by atoms with Crippen molar-refractivity contribution in [1.82, 2.24) is 5.32 Å². The number of hydrogen-bond donors (Lipinski definition) is 1. The van der Waals surface area contributed by atoms with Crippen LogP contribution >= 0.6 is 0 Å². The molecule has 0 spiro atoms. The van der Waals surface area contributed by atoms with Crippen molar-refractivity contribution in [2.75, 3.05) is 6.54 Å². The highest BCUT2D eigenvalue weighted by Crippen LogP contribution is 2.39. The highest BCUT2D eigenvalue weighted by Gasteiger charge is 2.43. The van der Waals surface area contributed by atoms with Crippen LogP contribution in [0.4, 0.5) is 4.39 Å². The zero-order valence-corrected chi connectivity index (χ0v) is 7.07. The van der Waals surface area contributed by atoms with E-state index >= 15 is 0 Å². The smallest absolute Gasteiger partial charge is 0.123 e. The molecule has 0 aromatic carbocycles. The van der Waals surface area contributed by atoms with Gasteiger partial charge < -0.3 is 5.32 Å². The summed E-state index contributed by atoms with van der Waals surface area (Å²) >= 11 is 0. The molecule has 0 heterocycles. The standard InChI is InChI=1S/C9H16FN/c1-7-2-3-8(7)11-6-9(10)4-5-9/h7-8,11H,2-6H2,1H3. The van der Waals surface area contributed by atoms with Crippen molar-refractivity contribution in [1.29, 1.82) is 0 Å². The molecule has 2 unspecified atom stereocenters. The highest BCUT2D eigenvalue weighted by molar-refractivity contribution is 4.98. The second-order valence-electron chi connectivity index (χ2n) is 4.19. The Kier molecular flexibility index (Phi) is 1.67. The molecule has 2 heteroatoms. The van der Waals surface area contributed by atoms with Gasteiger partial charge in [0.2, 0.25) is 0 Å². The fourth-order valence-electron chi connectivity index (χ4n) is 1.60. The summed E-state index contributed by atoms with van der Waals surface area (Å²) in [5.74, 6) is 0.775. The van der Waals surface area contributed by atoms with Crippen molar-refractivity contribution in [3.63, 3.8) is 0 Å². The molecule has 2 fully saturated rings. The van der Waals surface area contributed by atoms with Gasteiger partial charge in [-0.25, -0.2) is 4.39 Å². The third kappa shape index (κ3) is 1.56. The lowest BCUT2D eigenvalue weighted by Gasteiger charge is -2.35. The summed E-state index contributed by atoms with van der Waals surface area (Å²) in [7, 11) is 0. The van der Waals surface area contributed by atoms with E-state index in [-0.39, 0.29) is 0 Å². The summed E-state index contributed by atoms with van der Waals surface area (Å²) < 4.78 is 13.1. The third-order valence-electron chi connectivity index (χ3n) is 3.09. The molecule has 11 heavy (non-hydrogen) atoms. The summed E-state index contributed by atoms with van der Waals surface area (Å²) in [6.45, 7) is 2.83. The summed E-state index contributed by atoms with van der Waals surface area (Å²) in [5, 5.41) is 3.30. The number of rotatable bonds is 3. The van der Waals surface area contributed by atoms with Gasteiger partial charge in [-0.05, 0) is 31.6 Å². The zero-order valence-electron chi connectivity index (χ0n) is 7.07. The van der Waals surface area contributed by atoms with E-state index in [1.807, 2.05) is 0 Å². The van der Waals surface area contributed by atoms with E-state index in [1.165, 1.54) is 12.8 Å². The minimum atomic E-state index is -0.810. The first-order valence-corrected chi connectivity index (χ1v) is 4.62. The quantitative estimate of drug-likeness (QED) is 0.659. The maximum atomic E-state index is 13.1. The van der Waals surface area contributed by atoms with E-state index in [4.69, 9.17) is 0 Å². The van der Waals surface area contributed by atoms with Gasteiger partial charge in [0.1, 0.15) is 5.67 Å². The minimum absolute atomic E-state index is 0.599. The molecule has 0 amide bonds. The summed E-state index contributed by atoms with van der Waals surface area (Å²) in [6.07, 6.45) is 4.12. The third-order valence-corrected chi connectivity index (χ3v) is 3.09. The molecule has 2 atom stereocenters. The van der Waals surface area contributed by atoms with Crippen LogP contribution in [0.1, 0.15) is 32.6 Å². The normalized spacial score (nSPS) is 39.8. The van der Waals surface area contributed by atoms with Crippen LogP contribution in [0.15, 0.2) is 0 Å².